The summed E-state index contributed by atoms with van der Waals surface area (Å²) in [6.07, 6.45) is -0.212. The molecule has 0 bridgehead atoms. The topological polar surface area (TPSA) is 75.0 Å². The molecule has 2 aromatic rings. The van der Waals surface area contributed by atoms with E-state index >= 15 is 0 Å². The molecular weight excluding hydrogens is 276 g/mol. The zero-order valence-corrected chi connectivity index (χ0v) is 12.3. The third kappa shape index (κ3) is 2.99. The first-order valence-corrected chi connectivity index (χ1v) is 6.43. The smallest absolute Gasteiger partial charge is 0.383 e. The highest BCUT2D eigenvalue weighted by Crippen LogP contribution is 2.36. The zero-order chi connectivity index (χ0) is 15.6. The number of hydrogen-bond donors (Lipinski definition) is 0. The first kappa shape index (κ1) is 14.9. The average Bonchev–Trinajstić information content (AvgIpc) is 2.39. The Hall–Kier alpha value is -2.50. The fourth-order valence-electron chi connectivity index (χ4n) is 1.93. The molecule has 6 nitrogen and oxygen atoms in total. The quantitative estimate of drug-likeness (QED) is 0.489. The minimum atomic E-state index is -0.687. The Kier molecular flexibility index (Phi) is 4.16. The van der Waals surface area contributed by atoms with E-state index in [-0.39, 0.29) is 28.9 Å². The van der Waals surface area contributed by atoms with Crippen molar-refractivity contribution in [2.24, 2.45) is 0 Å². The van der Waals surface area contributed by atoms with Crippen LogP contribution < -0.4 is 19.8 Å². The van der Waals surface area contributed by atoms with Gasteiger partial charge in [0.1, 0.15) is 0 Å². The average molecular weight is 292 g/mol. The van der Waals surface area contributed by atoms with E-state index in [4.69, 9.17) is 18.6 Å². The van der Waals surface area contributed by atoms with E-state index in [1.54, 1.807) is 26.0 Å². The van der Waals surface area contributed by atoms with Crippen molar-refractivity contribution in [1.82, 2.24) is 0 Å². The van der Waals surface area contributed by atoms with E-state index in [9.17, 15) is 9.59 Å². The van der Waals surface area contributed by atoms with E-state index < -0.39 is 11.6 Å². The predicted molar refractivity (Wildman–Crippen MR) is 76.1 cm³/mol. The zero-order valence-electron chi connectivity index (χ0n) is 12.3. The molecule has 0 unspecified atom stereocenters. The number of benzene rings is 1. The molecular formula is C15H16O6. The molecule has 0 fully saturated rings. The second kappa shape index (κ2) is 5.87. The van der Waals surface area contributed by atoms with E-state index in [0.717, 1.165) is 0 Å². The Morgan fingerprint density at radius 1 is 1.24 bits per heavy atom. The largest absolute Gasteiger partial charge is 0.492 e. The molecule has 0 saturated heterocycles. The fraction of sp³-hybridized carbons (Fsp3) is 0.333. The van der Waals surface area contributed by atoms with E-state index in [1.165, 1.54) is 20.1 Å². The number of carbonyl (C=O) groups excluding carboxylic acids is 1. The molecule has 1 aromatic heterocycles. The van der Waals surface area contributed by atoms with Crippen molar-refractivity contribution in [3.8, 4) is 17.2 Å². The van der Waals surface area contributed by atoms with Gasteiger partial charge in [-0.15, -0.1) is 0 Å². The molecule has 6 heteroatoms. The molecule has 112 valence electrons. The lowest BCUT2D eigenvalue weighted by Gasteiger charge is -2.14. The first-order chi connectivity index (χ1) is 9.93. The maximum Gasteiger partial charge on any atom is 0.383 e. The van der Waals surface area contributed by atoms with E-state index in [0.29, 0.717) is 5.39 Å². The summed E-state index contributed by atoms with van der Waals surface area (Å²) in [7, 11) is 1.43. The van der Waals surface area contributed by atoms with Crippen LogP contribution in [-0.4, -0.2) is 19.2 Å². The molecule has 21 heavy (non-hydrogen) atoms. The second-order valence-electron chi connectivity index (χ2n) is 4.64. The molecule has 0 saturated carbocycles. The Labute approximate surface area is 121 Å². The van der Waals surface area contributed by atoms with Gasteiger partial charge in [-0.2, -0.15) is 0 Å². The summed E-state index contributed by atoms with van der Waals surface area (Å²) in [5.41, 5.74) is -0.543. The van der Waals surface area contributed by atoms with Crippen LogP contribution in [-0.2, 0) is 4.79 Å². The molecule has 0 aliphatic rings. The molecule has 0 amide bonds. The van der Waals surface area contributed by atoms with Gasteiger partial charge in [-0.1, -0.05) is 6.07 Å². The van der Waals surface area contributed by atoms with Gasteiger partial charge in [0.25, 0.3) is 0 Å². The minimum Gasteiger partial charge on any atom is -0.492 e. The molecule has 0 N–H and O–H groups in total. The Bertz CT molecular complexity index is 729. The number of ether oxygens (including phenoxy) is 3. The summed E-state index contributed by atoms with van der Waals surface area (Å²) >= 11 is 0. The van der Waals surface area contributed by atoms with Gasteiger partial charge in [0.05, 0.1) is 18.6 Å². The summed E-state index contributed by atoms with van der Waals surface area (Å²) in [4.78, 5) is 23.2. The Morgan fingerprint density at radius 2 is 1.95 bits per heavy atom. The lowest BCUT2D eigenvalue weighted by Crippen LogP contribution is -2.15. The van der Waals surface area contributed by atoms with Crippen LogP contribution in [0.3, 0.4) is 0 Å². The van der Waals surface area contributed by atoms with Gasteiger partial charge >= 0.3 is 11.6 Å². The molecule has 0 atom stereocenters. The SMILES string of the molecule is COc1c(OC(C)C)c(=O)oc2c(OC(C)=O)cccc12. The number of rotatable bonds is 4. The van der Waals surface area contributed by atoms with E-state index in [1.807, 2.05) is 0 Å². The van der Waals surface area contributed by atoms with Gasteiger partial charge in [-0.3, -0.25) is 4.79 Å². The van der Waals surface area contributed by atoms with Crippen molar-refractivity contribution < 1.29 is 23.4 Å². The predicted octanol–water partition coefficient (Wildman–Crippen LogP) is 2.51. The maximum absolute atomic E-state index is 12.1. The molecule has 0 aliphatic heterocycles. The second-order valence-corrected chi connectivity index (χ2v) is 4.64. The molecule has 2 rings (SSSR count). The van der Waals surface area contributed by atoms with Gasteiger partial charge in [-0.05, 0) is 26.0 Å². The van der Waals surface area contributed by atoms with Gasteiger partial charge in [0, 0.05) is 6.92 Å². The third-order valence-corrected chi connectivity index (χ3v) is 2.62. The summed E-state index contributed by atoms with van der Waals surface area (Å²) < 4.78 is 21.0. The van der Waals surface area contributed by atoms with Gasteiger partial charge < -0.3 is 18.6 Å². The molecule has 0 spiro atoms. The normalized spacial score (nSPS) is 10.7. The lowest BCUT2D eigenvalue weighted by atomic mass is 10.2. The Balaban J connectivity index is 2.74. The van der Waals surface area contributed by atoms with Crippen LogP contribution in [0.25, 0.3) is 11.0 Å². The maximum atomic E-state index is 12.1. The van der Waals surface area contributed by atoms with Gasteiger partial charge in [0.15, 0.2) is 17.1 Å². The van der Waals surface area contributed by atoms with Crippen molar-refractivity contribution in [1.29, 1.82) is 0 Å². The molecule has 0 aliphatic carbocycles. The third-order valence-electron chi connectivity index (χ3n) is 2.62. The van der Waals surface area contributed by atoms with Crippen LogP contribution in [0.1, 0.15) is 20.8 Å². The standard InChI is InChI=1S/C15H16O6/c1-8(2)19-14-13(18-4)10-6-5-7-11(20-9(3)16)12(10)21-15(14)17/h5-8H,1-4H3. The van der Waals surface area contributed by atoms with Crippen LogP contribution in [0.2, 0.25) is 0 Å². The number of methoxy groups -OCH3 is 1. The summed E-state index contributed by atoms with van der Waals surface area (Å²) in [5.74, 6) is -0.0953. The number of esters is 1. The van der Waals surface area contributed by atoms with Crippen LogP contribution in [0.4, 0.5) is 0 Å². The molecule has 1 aromatic carbocycles. The molecule has 0 radical (unpaired) electrons. The van der Waals surface area contributed by atoms with Crippen LogP contribution in [0.15, 0.2) is 27.4 Å². The van der Waals surface area contributed by atoms with Crippen LogP contribution in [0.5, 0.6) is 17.2 Å². The lowest BCUT2D eigenvalue weighted by molar-refractivity contribution is -0.131. The van der Waals surface area contributed by atoms with Crippen LogP contribution in [0, 0.1) is 0 Å². The fourth-order valence-corrected chi connectivity index (χ4v) is 1.93. The first-order valence-electron chi connectivity index (χ1n) is 6.43. The van der Waals surface area contributed by atoms with Crippen molar-refractivity contribution in [3.05, 3.63) is 28.6 Å². The molecule has 1 heterocycles. The van der Waals surface area contributed by atoms with Crippen molar-refractivity contribution in [3.63, 3.8) is 0 Å². The highest BCUT2D eigenvalue weighted by molar-refractivity contribution is 5.91. The van der Waals surface area contributed by atoms with Crippen molar-refractivity contribution >= 4 is 16.9 Å². The monoisotopic (exact) mass is 292 g/mol. The summed E-state index contributed by atoms with van der Waals surface area (Å²) in [6, 6.07) is 4.90. The van der Waals surface area contributed by atoms with Gasteiger partial charge in [0.2, 0.25) is 5.75 Å². The van der Waals surface area contributed by atoms with Crippen LogP contribution >= 0.6 is 0 Å². The highest BCUT2D eigenvalue weighted by atomic mass is 16.6. The van der Waals surface area contributed by atoms with Crippen molar-refractivity contribution in [2.75, 3.05) is 7.11 Å². The number of hydrogen-bond acceptors (Lipinski definition) is 6. The minimum absolute atomic E-state index is 0.0000231. The highest BCUT2D eigenvalue weighted by Gasteiger charge is 2.20. The number of carbonyl (C=O) groups is 1. The summed E-state index contributed by atoms with van der Waals surface area (Å²) in [5, 5.41) is 0.492. The number of fused-ring (bicyclic) bond motifs is 1. The number of para-hydroxylation sites is 1. The van der Waals surface area contributed by atoms with Gasteiger partial charge in [-0.25, -0.2) is 4.79 Å². The summed E-state index contributed by atoms with van der Waals surface area (Å²) in [6.45, 7) is 4.85. The van der Waals surface area contributed by atoms with E-state index in [2.05, 4.69) is 0 Å². The van der Waals surface area contributed by atoms with Crippen molar-refractivity contribution in [2.45, 2.75) is 26.9 Å². The Morgan fingerprint density at radius 3 is 2.52 bits per heavy atom.